The Kier molecular flexibility index (Phi) is 5.01. The fourth-order valence-corrected chi connectivity index (χ4v) is 1.68. The predicted molar refractivity (Wildman–Crippen MR) is 75.1 cm³/mol. The number of amides is 1. The van der Waals surface area contributed by atoms with Gasteiger partial charge >= 0.3 is 0 Å². The van der Waals surface area contributed by atoms with Crippen LogP contribution in [0.5, 0.6) is 0 Å². The number of tetrazole rings is 1. The maximum absolute atomic E-state index is 12.0. The lowest BCUT2D eigenvalue weighted by Gasteiger charge is -2.05. The second-order valence-electron chi connectivity index (χ2n) is 4.32. The van der Waals surface area contributed by atoms with Crippen LogP contribution in [0.1, 0.15) is 33.7 Å². The van der Waals surface area contributed by atoms with E-state index in [9.17, 15) is 4.79 Å². The van der Waals surface area contributed by atoms with Crippen LogP contribution in [0.15, 0.2) is 18.2 Å². The van der Waals surface area contributed by atoms with Crippen molar-refractivity contribution in [2.75, 3.05) is 6.61 Å². The molecule has 1 aromatic carbocycles. The van der Waals surface area contributed by atoms with Crippen LogP contribution in [0.25, 0.3) is 0 Å². The standard InChI is InChI=1S/C14H15N5O2/c1-10-8-12(6-5-11(10)4-2-3-7-20)14(21)15-9-13-16-18-19-17-13/h5-6,8,20H,3,7,9H2,1H3,(H,15,21)(H,16,17,18,19). The molecule has 7 heteroatoms. The Bertz CT molecular complexity index is 670. The molecule has 7 nitrogen and oxygen atoms in total. The van der Waals surface area contributed by atoms with Crippen molar-refractivity contribution in [3.05, 3.63) is 40.7 Å². The molecule has 21 heavy (non-hydrogen) atoms. The van der Waals surface area contributed by atoms with Crippen molar-refractivity contribution in [2.45, 2.75) is 19.9 Å². The molecule has 0 unspecified atom stereocenters. The highest BCUT2D eigenvalue weighted by Crippen LogP contribution is 2.10. The van der Waals surface area contributed by atoms with E-state index in [-0.39, 0.29) is 19.1 Å². The Hall–Kier alpha value is -2.72. The fraction of sp³-hybridized carbons (Fsp3) is 0.286. The average Bonchev–Trinajstić information content (AvgIpc) is 3.00. The number of aryl methyl sites for hydroxylation is 1. The van der Waals surface area contributed by atoms with Crippen LogP contribution in [-0.2, 0) is 6.54 Å². The largest absolute Gasteiger partial charge is 0.395 e. The Morgan fingerprint density at radius 1 is 1.48 bits per heavy atom. The summed E-state index contributed by atoms with van der Waals surface area (Å²) in [5, 5.41) is 24.6. The highest BCUT2D eigenvalue weighted by Gasteiger charge is 2.08. The maximum Gasteiger partial charge on any atom is 0.251 e. The summed E-state index contributed by atoms with van der Waals surface area (Å²) in [5.74, 6) is 6.03. The van der Waals surface area contributed by atoms with Crippen LogP contribution >= 0.6 is 0 Å². The van der Waals surface area contributed by atoms with Crippen molar-refractivity contribution in [3.63, 3.8) is 0 Å². The molecular weight excluding hydrogens is 270 g/mol. The smallest absolute Gasteiger partial charge is 0.251 e. The van der Waals surface area contributed by atoms with E-state index in [0.717, 1.165) is 11.1 Å². The molecule has 0 atom stereocenters. The summed E-state index contributed by atoms with van der Waals surface area (Å²) in [6.07, 6.45) is 0.437. The van der Waals surface area contributed by atoms with Crippen molar-refractivity contribution in [3.8, 4) is 11.8 Å². The van der Waals surface area contributed by atoms with Crippen LogP contribution in [0, 0.1) is 18.8 Å². The van der Waals surface area contributed by atoms with Crippen molar-refractivity contribution in [2.24, 2.45) is 0 Å². The highest BCUT2D eigenvalue weighted by molar-refractivity contribution is 5.94. The second kappa shape index (κ2) is 7.17. The second-order valence-corrected chi connectivity index (χ2v) is 4.32. The number of rotatable bonds is 4. The fourth-order valence-electron chi connectivity index (χ4n) is 1.68. The molecule has 2 rings (SSSR count). The Morgan fingerprint density at radius 3 is 3.00 bits per heavy atom. The molecule has 0 saturated heterocycles. The van der Waals surface area contributed by atoms with E-state index in [1.54, 1.807) is 18.2 Å². The molecule has 0 fully saturated rings. The van der Waals surface area contributed by atoms with Gasteiger partial charge in [-0.15, -0.1) is 10.2 Å². The number of aromatic nitrogens is 4. The zero-order chi connectivity index (χ0) is 15.1. The first-order valence-electron chi connectivity index (χ1n) is 6.41. The molecule has 3 N–H and O–H groups in total. The third-order valence-electron chi connectivity index (χ3n) is 2.74. The molecule has 0 radical (unpaired) electrons. The van der Waals surface area contributed by atoms with Crippen LogP contribution in [0.4, 0.5) is 0 Å². The van der Waals surface area contributed by atoms with Gasteiger partial charge in [-0.05, 0) is 30.7 Å². The van der Waals surface area contributed by atoms with Gasteiger partial charge in [0.05, 0.1) is 13.2 Å². The van der Waals surface area contributed by atoms with Crippen LogP contribution in [0.3, 0.4) is 0 Å². The van der Waals surface area contributed by atoms with Crippen LogP contribution in [-0.4, -0.2) is 38.2 Å². The van der Waals surface area contributed by atoms with Gasteiger partial charge in [-0.1, -0.05) is 17.1 Å². The molecule has 0 bridgehead atoms. The first kappa shape index (κ1) is 14.7. The SMILES string of the molecule is Cc1cc(C(=O)NCc2nn[nH]n2)ccc1C#CCCO. The molecule has 1 heterocycles. The van der Waals surface area contributed by atoms with Gasteiger partial charge in [-0.25, -0.2) is 0 Å². The monoisotopic (exact) mass is 285 g/mol. The number of aliphatic hydroxyl groups is 1. The van der Waals surface area contributed by atoms with E-state index in [1.165, 1.54) is 0 Å². The van der Waals surface area contributed by atoms with Gasteiger partial charge in [0.25, 0.3) is 5.91 Å². The zero-order valence-corrected chi connectivity index (χ0v) is 11.6. The lowest BCUT2D eigenvalue weighted by atomic mass is 10.0. The van der Waals surface area contributed by atoms with Crippen molar-refractivity contribution in [1.82, 2.24) is 25.9 Å². The van der Waals surface area contributed by atoms with Gasteiger partial charge in [0.15, 0.2) is 5.82 Å². The molecule has 108 valence electrons. The maximum atomic E-state index is 12.0. The number of carbonyl (C=O) groups excluding carboxylic acids is 1. The molecule has 0 aliphatic carbocycles. The Balaban J connectivity index is 2.02. The van der Waals surface area contributed by atoms with Gasteiger partial charge < -0.3 is 10.4 Å². The van der Waals surface area contributed by atoms with E-state index in [0.29, 0.717) is 17.8 Å². The topological polar surface area (TPSA) is 104 Å². The summed E-state index contributed by atoms with van der Waals surface area (Å²) < 4.78 is 0. The van der Waals surface area contributed by atoms with Gasteiger partial charge in [0.1, 0.15) is 0 Å². The third kappa shape index (κ3) is 4.12. The lowest BCUT2D eigenvalue weighted by molar-refractivity contribution is 0.0950. The molecule has 2 aromatic rings. The van der Waals surface area contributed by atoms with E-state index < -0.39 is 0 Å². The van der Waals surface area contributed by atoms with E-state index in [4.69, 9.17) is 5.11 Å². The number of nitrogens with zero attached hydrogens (tertiary/aromatic N) is 3. The summed E-state index contributed by atoms with van der Waals surface area (Å²) >= 11 is 0. The van der Waals surface area contributed by atoms with Crippen molar-refractivity contribution < 1.29 is 9.90 Å². The van der Waals surface area contributed by atoms with Gasteiger partial charge in [-0.3, -0.25) is 4.79 Å². The van der Waals surface area contributed by atoms with Gasteiger partial charge in [-0.2, -0.15) is 5.21 Å². The number of aromatic amines is 1. The minimum Gasteiger partial charge on any atom is -0.395 e. The van der Waals surface area contributed by atoms with Crippen LogP contribution < -0.4 is 5.32 Å². The highest BCUT2D eigenvalue weighted by atomic mass is 16.2. The number of hydrogen-bond donors (Lipinski definition) is 3. The number of carbonyl (C=O) groups is 1. The third-order valence-corrected chi connectivity index (χ3v) is 2.74. The number of benzene rings is 1. The summed E-state index contributed by atoms with van der Waals surface area (Å²) in [6, 6.07) is 5.28. The van der Waals surface area contributed by atoms with Crippen molar-refractivity contribution >= 4 is 5.91 Å². The summed E-state index contributed by atoms with van der Waals surface area (Å²) in [4.78, 5) is 12.0. The lowest BCUT2D eigenvalue weighted by Crippen LogP contribution is -2.23. The molecule has 1 amide bonds. The van der Waals surface area contributed by atoms with Crippen molar-refractivity contribution in [1.29, 1.82) is 0 Å². The van der Waals surface area contributed by atoms with E-state index in [2.05, 4.69) is 37.8 Å². The Morgan fingerprint density at radius 2 is 2.33 bits per heavy atom. The number of hydrogen-bond acceptors (Lipinski definition) is 5. The zero-order valence-electron chi connectivity index (χ0n) is 11.6. The average molecular weight is 285 g/mol. The normalized spacial score (nSPS) is 9.81. The van der Waals surface area contributed by atoms with Crippen LogP contribution in [0.2, 0.25) is 0 Å². The number of H-pyrrole nitrogens is 1. The number of aliphatic hydroxyl groups excluding tert-OH is 1. The Labute approximate surface area is 121 Å². The minimum atomic E-state index is -0.210. The molecule has 0 spiro atoms. The summed E-state index contributed by atoms with van der Waals surface area (Å²) in [6.45, 7) is 2.15. The molecule has 1 aromatic heterocycles. The predicted octanol–water partition coefficient (Wildman–Crippen LogP) is 0.172. The quantitative estimate of drug-likeness (QED) is 0.695. The molecule has 0 aliphatic rings. The minimum absolute atomic E-state index is 0.0443. The number of nitrogens with one attached hydrogen (secondary N) is 2. The van der Waals surface area contributed by atoms with Gasteiger partial charge in [0.2, 0.25) is 0 Å². The van der Waals surface area contributed by atoms with E-state index >= 15 is 0 Å². The molecule has 0 saturated carbocycles. The van der Waals surface area contributed by atoms with E-state index in [1.807, 2.05) is 6.92 Å². The van der Waals surface area contributed by atoms with Gasteiger partial charge in [0, 0.05) is 17.5 Å². The molecular formula is C14H15N5O2. The first-order chi connectivity index (χ1) is 10.2. The molecule has 0 aliphatic heterocycles. The first-order valence-corrected chi connectivity index (χ1v) is 6.41. The summed E-state index contributed by atoms with van der Waals surface area (Å²) in [5.41, 5.74) is 2.30. The summed E-state index contributed by atoms with van der Waals surface area (Å²) in [7, 11) is 0.